The molecule has 0 spiro atoms. The maximum absolute atomic E-state index is 6.13. The molecule has 2 unspecified atom stereocenters. The van der Waals surface area contributed by atoms with Crippen molar-refractivity contribution >= 4 is 0 Å². The Labute approximate surface area is 88.6 Å². The van der Waals surface area contributed by atoms with Gasteiger partial charge in [0.2, 0.25) is 0 Å². The Hall–Kier alpha value is -0.120. The minimum atomic E-state index is 0.298. The van der Waals surface area contributed by atoms with Gasteiger partial charge in [0.15, 0.2) is 0 Å². The van der Waals surface area contributed by atoms with Gasteiger partial charge in [-0.25, -0.2) is 0 Å². The molecule has 0 heterocycles. The predicted molar refractivity (Wildman–Crippen MR) is 61.5 cm³/mol. The highest BCUT2D eigenvalue weighted by molar-refractivity contribution is 4.78. The number of nitrogens with zero attached hydrogens (tertiary/aromatic N) is 1. The van der Waals surface area contributed by atoms with Gasteiger partial charge < -0.3 is 10.5 Å². The van der Waals surface area contributed by atoms with Crippen LogP contribution in [0.4, 0.5) is 0 Å². The van der Waals surface area contributed by atoms with Crippen LogP contribution in [-0.2, 0) is 4.74 Å². The van der Waals surface area contributed by atoms with Crippen LogP contribution in [-0.4, -0.2) is 44.3 Å². The molecule has 0 rings (SSSR count). The average molecular weight is 202 g/mol. The van der Waals surface area contributed by atoms with Crippen LogP contribution >= 0.6 is 0 Å². The Kier molecular flexibility index (Phi) is 8.14. The molecule has 0 aliphatic rings. The summed E-state index contributed by atoms with van der Waals surface area (Å²) in [5.41, 5.74) is 6.13. The summed E-state index contributed by atoms with van der Waals surface area (Å²) in [5, 5.41) is 0. The maximum atomic E-state index is 6.13. The van der Waals surface area contributed by atoms with Crippen LogP contribution in [0.1, 0.15) is 33.1 Å². The van der Waals surface area contributed by atoms with E-state index in [-0.39, 0.29) is 0 Å². The third kappa shape index (κ3) is 4.94. The van der Waals surface area contributed by atoms with E-state index in [2.05, 4.69) is 25.8 Å². The van der Waals surface area contributed by atoms with E-state index in [1.165, 1.54) is 0 Å². The number of nitrogens with two attached hydrogens (primary N) is 1. The van der Waals surface area contributed by atoms with Gasteiger partial charge >= 0.3 is 0 Å². The molecular weight excluding hydrogens is 176 g/mol. The molecule has 3 nitrogen and oxygen atoms in total. The molecule has 0 aromatic carbocycles. The van der Waals surface area contributed by atoms with E-state index >= 15 is 0 Å². The van der Waals surface area contributed by atoms with Crippen LogP contribution in [0.15, 0.2) is 0 Å². The largest absolute Gasteiger partial charge is 0.383 e. The summed E-state index contributed by atoms with van der Waals surface area (Å²) in [5.74, 6) is 0. The zero-order chi connectivity index (χ0) is 11.0. The first-order valence-corrected chi connectivity index (χ1v) is 5.62. The SMILES string of the molecule is CCCC(N)C(CC)N(C)CCOC. The molecule has 2 N–H and O–H groups in total. The van der Waals surface area contributed by atoms with E-state index < -0.39 is 0 Å². The standard InChI is InChI=1S/C11H26N2O/c1-5-7-10(12)11(6-2)13(3)8-9-14-4/h10-11H,5-9,12H2,1-4H3. The number of hydrogen-bond donors (Lipinski definition) is 1. The second-order valence-corrected chi connectivity index (χ2v) is 3.90. The van der Waals surface area contributed by atoms with Crippen molar-refractivity contribution < 1.29 is 4.74 Å². The fraction of sp³-hybridized carbons (Fsp3) is 1.00. The first kappa shape index (κ1) is 13.9. The summed E-state index contributed by atoms with van der Waals surface area (Å²) in [4.78, 5) is 2.31. The fourth-order valence-electron chi connectivity index (χ4n) is 1.87. The molecule has 86 valence electrons. The van der Waals surface area contributed by atoms with Crippen molar-refractivity contribution in [2.75, 3.05) is 27.3 Å². The Bertz CT molecular complexity index is 130. The van der Waals surface area contributed by atoms with Crippen LogP contribution in [0.2, 0.25) is 0 Å². The van der Waals surface area contributed by atoms with Gasteiger partial charge in [0.1, 0.15) is 0 Å². The topological polar surface area (TPSA) is 38.5 Å². The number of likely N-dealkylation sites (N-methyl/N-ethyl adjacent to an activating group) is 1. The quantitative estimate of drug-likeness (QED) is 0.648. The summed E-state index contributed by atoms with van der Waals surface area (Å²) in [6, 6.07) is 0.789. The number of hydrogen-bond acceptors (Lipinski definition) is 3. The molecule has 0 aromatic rings. The lowest BCUT2D eigenvalue weighted by Gasteiger charge is -2.31. The van der Waals surface area contributed by atoms with Crippen molar-refractivity contribution in [2.45, 2.75) is 45.2 Å². The van der Waals surface area contributed by atoms with Crippen molar-refractivity contribution in [2.24, 2.45) is 5.73 Å². The van der Waals surface area contributed by atoms with Gasteiger partial charge in [-0.15, -0.1) is 0 Å². The van der Waals surface area contributed by atoms with E-state index in [1.807, 2.05) is 0 Å². The lowest BCUT2D eigenvalue weighted by molar-refractivity contribution is 0.125. The highest BCUT2D eigenvalue weighted by Crippen LogP contribution is 2.09. The molecule has 3 heteroatoms. The highest BCUT2D eigenvalue weighted by atomic mass is 16.5. The van der Waals surface area contributed by atoms with Gasteiger partial charge in [-0.2, -0.15) is 0 Å². The first-order chi connectivity index (χ1) is 6.67. The molecule has 2 atom stereocenters. The molecule has 14 heavy (non-hydrogen) atoms. The number of rotatable bonds is 8. The lowest BCUT2D eigenvalue weighted by atomic mass is 10.0. The fourth-order valence-corrected chi connectivity index (χ4v) is 1.87. The molecule has 0 fully saturated rings. The summed E-state index contributed by atoms with van der Waals surface area (Å²) < 4.78 is 5.06. The molecule has 0 aliphatic heterocycles. The minimum absolute atomic E-state index is 0.298. The smallest absolute Gasteiger partial charge is 0.0589 e. The Morgan fingerprint density at radius 2 is 2.00 bits per heavy atom. The second kappa shape index (κ2) is 8.21. The first-order valence-electron chi connectivity index (χ1n) is 5.62. The Balaban J connectivity index is 3.96. The third-order valence-corrected chi connectivity index (χ3v) is 2.75. The summed E-state index contributed by atoms with van der Waals surface area (Å²) in [6.45, 7) is 6.13. The molecule has 0 aliphatic carbocycles. The molecule has 0 aromatic heterocycles. The van der Waals surface area contributed by atoms with Gasteiger partial charge in [-0.3, -0.25) is 4.90 Å². The van der Waals surface area contributed by atoms with E-state index in [1.54, 1.807) is 7.11 Å². The zero-order valence-electron chi connectivity index (χ0n) is 10.1. The molecule has 0 amide bonds. The van der Waals surface area contributed by atoms with Crippen molar-refractivity contribution in [1.82, 2.24) is 4.90 Å². The molecule has 0 saturated carbocycles. The number of ether oxygens (including phenoxy) is 1. The van der Waals surface area contributed by atoms with Crippen LogP contribution in [0, 0.1) is 0 Å². The van der Waals surface area contributed by atoms with Crippen molar-refractivity contribution in [3.8, 4) is 0 Å². The van der Waals surface area contributed by atoms with E-state index in [0.29, 0.717) is 12.1 Å². The van der Waals surface area contributed by atoms with E-state index in [4.69, 9.17) is 10.5 Å². The third-order valence-electron chi connectivity index (χ3n) is 2.75. The van der Waals surface area contributed by atoms with Crippen LogP contribution in [0.3, 0.4) is 0 Å². The zero-order valence-corrected chi connectivity index (χ0v) is 10.1. The Morgan fingerprint density at radius 1 is 1.36 bits per heavy atom. The summed E-state index contributed by atoms with van der Waals surface area (Å²) in [7, 11) is 3.86. The monoisotopic (exact) mass is 202 g/mol. The van der Waals surface area contributed by atoms with E-state index in [0.717, 1.165) is 32.4 Å². The maximum Gasteiger partial charge on any atom is 0.0589 e. The predicted octanol–water partition coefficient (Wildman–Crippen LogP) is 1.47. The summed E-state index contributed by atoms with van der Waals surface area (Å²) in [6.07, 6.45) is 3.38. The van der Waals surface area contributed by atoms with Gasteiger partial charge in [-0.05, 0) is 19.9 Å². The van der Waals surface area contributed by atoms with Crippen molar-refractivity contribution in [3.63, 3.8) is 0 Å². The number of methoxy groups -OCH3 is 1. The van der Waals surface area contributed by atoms with E-state index in [9.17, 15) is 0 Å². The lowest BCUT2D eigenvalue weighted by Crippen LogP contribution is -2.46. The molecule has 0 bridgehead atoms. The van der Waals surface area contributed by atoms with Crippen LogP contribution in [0.5, 0.6) is 0 Å². The average Bonchev–Trinajstić information content (AvgIpc) is 2.16. The van der Waals surface area contributed by atoms with Crippen molar-refractivity contribution in [3.05, 3.63) is 0 Å². The molecule has 0 saturated heterocycles. The van der Waals surface area contributed by atoms with Gasteiger partial charge in [0.05, 0.1) is 6.61 Å². The van der Waals surface area contributed by atoms with Gasteiger partial charge in [0, 0.05) is 25.7 Å². The Morgan fingerprint density at radius 3 is 2.43 bits per heavy atom. The van der Waals surface area contributed by atoms with Crippen molar-refractivity contribution in [1.29, 1.82) is 0 Å². The van der Waals surface area contributed by atoms with Crippen LogP contribution in [0.25, 0.3) is 0 Å². The summed E-state index contributed by atoms with van der Waals surface area (Å²) >= 11 is 0. The van der Waals surface area contributed by atoms with Gasteiger partial charge in [-0.1, -0.05) is 20.3 Å². The molecular formula is C11H26N2O. The van der Waals surface area contributed by atoms with Crippen LogP contribution < -0.4 is 5.73 Å². The highest BCUT2D eigenvalue weighted by Gasteiger charge is 2.19. The second-order valence-electron chi connectivity index (χ2n) is 3.90. The van der Waals surface area contributed by atoms with Gasteiger partial charge in [0.25, 0.3) is 0 Å². The minimum Gasteiger partial charge on any atom is -0.383 e. The normalized spacial score (nSPS) is 15.9. The molecule has 0 radical (unpaired) electrons.